The lowest BCUT2D eigenvalue weighted by Crippen LogP contribution is -2.41. The molecule has 25 heavy (non-hydrogen) atoms. The second-order valence-electron chi connectivity index (χ2n) is 6.51. The number of amides is 1. The third kappa shape index (κ3) is 4.46. The van der Waals surface area contributed by atoms with Gasteiger partial charge in [-0.1, -0.05) is 0 Å². The summed E-state index contributed by atoms with van der Waals surface area (Å²) in [6.45, 7) is 4.86. The van der Waals surface area contributed by atoms with E-state index in [4.69, 9.17) is 10.5 Å². The van der Waals surface area contributed by atoms with Crippen molar-refractivity contribution in [2.75, 3.05) is 26.2 Å². The van der Waals surface area contributed by atoms with E-state index in [1.54, 1.807) is 0 Å². The van der Waals surface area contributed by atoms with Crippen LogP contribution in [0.2, 0.25) is 0 Å². The molecule has 0 bridgehead atoms. The van der Waals surface area contributed by atoms with Crippen molar-refractivity contribution in [1.29, 1.82) is 0 Å². The first kappa shape index (κ1) is 17.6. The third-order valence-corrected chi connectivity index (χ3v) is 4.52. The molecule has 1 amide bonds. The summed E-state index contributed by atoms with van der Waals surface area (Å²) in [7, 11) is 0. The summed E-state index contributed by atoms with van der Waals surface area (Å²) in [5.41, 5.74) is 8.26. The van der Waals surface area contributed by atoms with Gasteiger partial charge in [0.15, 0.2) is 0 Å². The molecule has 3 rings (SSSR count). The SMILES string of the molecule is Cc1cnn(-c2ccc(C(=O)N3CCC(OCCCN)CC3)cc2)c1. The van der Waals surface area contributed by atoms with Crippen molar-refractivity contribution in [2.24, 2.45) is 5.73 Å². The first-order valence-corrected chi connectivity index (χ1v) is 8.90. The van der Waals surface area contributed by atoms with Gasteiger partial charge in [0.2, 0.25) is 0 Å². The molecule has 1 aliphatic rings. The van der Waals surface area contributed by atoms with Crippen LogP contribution in [-0.2, 0) is 4.74 Å². The molecule has 0 spiro atoms. The Morgan fingerprint density at radius 2 is 2.00 bits per heavy atom. The molecule has 2 N–H and O–H groups in total. The number of nitrogens with two attached hydrogens (primary N) is 1. The second kappa shape index (κ2) is 8.27. The van der Waals surface area contributed by atoms with Crippen LogP contribution in [0, 0.1) is 6.92 Å². The fourth-order valence-electron chi connectivity index (χ4n) is 3.05. The van der Waals surface area contributed by atoms with Gasteiger partial charge in [-0.3, -0.25) is 4.79 Å². The molecular weight excluding hydrogens is 316 g/mol. The average molecular weight is 342 g/mol. The lowest BCUT2D eigenvalue weighted by atomic mass is 10.1. The molecular formula is C19H26N4O2. The van der Waals surface area contributed by atoms with Crippen LogP contribution in [0.1, 0.15) is 35.2 Å². The summed E-state index contributed by atoms with van der Waals surface area (Å²) >= 11 is 0. The van der Waals surface area contributed by atoms with Gasteiger partial charge in [0.25, 0.3) is 5.91 Å². The number of nitrogens with zero attached hydrogens (tertiary/aromatic N) is 3. The van der Waals surface area contributed by atoms with E-state index in [1.807, 2.05) is 53.2 Å². The lowest BCUT2D eigenvalue weighted by molar-refractivity contribution is 0.00845. The van der Waals surface area contributed by atoms with Gasteiger partial charge in [0.1, 0.15) is 0 Å². The number of ether oxygens (including phenoxy) is 1. The highest BCUT2D eigenvalue weighted by Crippen LogP contribution is 2.18. The molecule has 6 heteroatoms. The zero-order chi connectivity index (χ0) is 17.6. The minimum atomic E-state index is 0.0867. The summed E-state index contributed by atoms with van der Waals surface area (Å²) in [6, 6.07) is 7.61. The Kier molecular flexibility index (Phi) is 5.83. The Labute approximate surface area is 148 Å². The Morgan fingerprint density at radius 1 is 1.28 bits per heavy atom. The number of aromatic nitrogens is 2. The van der Waals surface area contributed by atoms with Gasteiger partial charge in [-0.15, -0.1) is 0 Å². The van der Waals surface area contributed by atoms with Crippen molar-refractivity contribution in [3.8, 4) is 5.69 Å². The second-order valence-corrected chi connectivity index (χ2v) is 6.51. The smallest absolute Gasteiger partial charge is 0.253 e. The number of carbonyl (C=O) groups is 1. The van der Waals surface area contributed by atoms with E-state index in [0.29, 0.717) is 13.2 Å². The number of carbonyl (C=O) groups excluding carboxylic acids is 1. The number of aryl methyl sites for hydroxylation is 1. The largest absolute Gasteiger partial charge is 0.378 e. The molecule has 0 unspecified atom stereocenters. The fraction of sp³-hybridized carbons (Fsp3) is 0.474. The van der Waals surface area contributed by atoms with Crippen LogP contribution < -0.4 is 5.73 Å². The number of likely N-dealkylation sites (tertiary alicyclic amines) is 1. The number of hydrogen-bond acceptors (Lipinski definition) is 4. The van der Waals surface area contributed by atoms with Gasteiger partial charge in [0, 0.05) is 31.5 Å². The van der Waals surface area contributed by atoms with Crippen LogP contribution in [0.4, 0.5) is 0 Å². The predicted octanol–water partition coefficient (Wildman–Crippen LogP) is 2.15. The molecule has 2 heterocycles. The van der Waals surface area contributed by atoms with E-state index in [9.17, 15) is 4.79 Å². The van der Waals surface area contributed by atoms with E-state index >= 15 is 0 Å². The van der Waals surface area contributed by atoms with Crippen LogP contribution in [0.3, 0.4) is 0 Å². The predicted molar refractivity (Wildman–Crippen MR) is 96.8 cm³/mol. The third-order valence-electron chi connectivity index (χ3n) is 4.52. The Balaban J connectivity index is 1.55. The summed E-state index contributed by atoms with van der Waals surface area (Å²) in [5.74, 6) is 0.0867. The van der Waals surface area contributed by atoms with Crippen LogP contribution in [0.5, 0.6) is 0 Å². The average Bonchev–Trinajstić information content (AvgIpc) is 3.08. The molecule has 1 saturated heterocycles. The topological polar surface area (TPSA) is 73.4 Å². The number of hydrogen-bond donors (Lipinski definition) is 1. The summed E-state index contributed by atoms with van der Waals surface area (Å²) in [4.78, 5) is 14.6. The molecule has 0 atom stereocenters. The summed E-state index contributed by atoms with van der Waals surface area (Å²) in [5, 5.41) is 4.29. The van der Waals surface area contributed by atoms with Crippen molar-refractivity contribution >= 4 is 5.91 Å². The Hall–Kier alpha value is -2.18. The van der Waals surface area contributed by atoms with Crippen LogP contribution in [0.25, 0.3) is 5.69 Å². The normalized spacial score (nSPS) is 15.5. The standard InChI is InChI=1S/C19H26N4O2/c1-15-13-21-23(14-15)17-5-3-16(4-6-17)19(24)22-10-7-18(8-11-22)25-12-2-9-20/h3-6,13-14,18H,2,7-12,20H2,1H3. The van der Waals surface area contributed by atoms with Crippen molar-refractivity contribution in [1.82, 2.24) is 14.7 Å². The van der Waals surface area contributed by atoms with E-state index < -0.39 is 0 Å². The van der Waals surface area contributed by atoms with Crippen molar-refractivity contribution < 1.29 is 9.53 Å². The number of piperidine rings is 1. The van der Waals surface area contributed by atoms with Crippen LogP contribution >= 0.6 is 0 Å². The Bertz CT molecular complexity index is 688. The molecule has 1 aliphatic heterocycles. The van der Waals surface area contributed by atoms with Crippen LogP contribution in [0.15, 0.2) is 36.7 Å². The molecule has 1 fully saturated rings. The van der Waals surface area contributed by atoms with Gasteiger partial charge in [-0.25, -0.2) is 4.68 Å². The molecule has 134 valence electrons. The minimum absolute atomic E-state index is 0.0867. The summed E-state index contributed by atoms with van der Waals surface area (Å²) < 4.78 is 7.61. The van der Waals surface area contributed by atoms with E-state index in [2.05, 4.69) is 5.10 Å². The van der Waals surface area contributed by atoms with Gasteiger partial charge in [-0.05, 0) is 62.6 Å². The van der Waals surface area contributed by atoms with Crippen LogP contribution in [-0.4, -0.2) is 52.9 Å². The van der Waals surface area contributed by atoms with Crippen molar-refractivity contribution in [3.63, 3.8) is 0 Å². The lowest BCUT2D eigenvalue weighted by Gasteiger charge is -2.32. The molecule has 6 nitrogen and oxygen atoms in total. The number of rotatable bonds is 6. The van der Waals surface area contributed by atoms with Crippen molar-refractivity contribution in [2.45, 2.75) is 32.3 Å². The molecule has 1 aromatic carbocycles. The zero-order valence-electron chi connectivity index (χ0n) is 14.7. The number of benzene rings is 1. The molecule has 0 radical (unpaired) electrons. The Morgan fingerprint density at radius 3 is 2.60 bits per heavy atom. The quantitative estimate of drug-likeness (QED) is 0.817. The first-order valence-electron chi connectivity index (χ1n) is 8.90. The monoisotopic (exact) mass is 342 g/mol. The fourth-order valence-corrected chi connectivity index (χ4v) is 3.05. The van der Waals surface area contributed by atoms with Crippen molar-refractivity contribution in [3.05, 3.63) is 47.8 Å². The zero-order valence-corrected chi connectivity index (χ0v) is 14.7. The van der Waals surface area contributed by atoms with E-state index in [1.165, 1.54) is 0 Å². The maximum Gasteiger partial charge on any atom is 0.253 e. The molecule has 0 saturated carbocycles. The maximum absolute atomic E-state index is 12.7. The van der Waals surface area contributed by atoms with Gasteiger partial charge >= 0.3 is 0 Å². The molecule has 1 aromatic heterocycles. The summed E-state index contributed by atoms with van der Waals surface area (Å²) in [6.07, 6.45) is 6.70. The highest BCUT2D eigenvalue weighted by Gasteiger charge is 2.23. The van der Waals surface area contributed by atoms with Gasteiger partial charge < -0.3 is 15.4 Å². The highest BCUT2D eigenvalue weighted by molar-refractivity contribution is 5.94. The van der Waals surface area contributed by atoms with Gasteiger partial charge in [-0.2, -0.15) is 5.10 Å². The van der Waals surface area contributed by atoms with E-state index in [-0.39, 0.29) is 12.0 Å². The molecule has 0 aliphatic carbocycles. The minimum Gasteiger partial charge on any atom is -0.378 e. The van der Waals surface area contributed by atoms with Gasteiger partial charge in [0.05, 0.1) is 18.0 Å². The molecule has 2 aromatic rings. The highest BCUT2D eigenvalue weighted by atomic mass is 16.5. The maximum atomic E-state index is 12.7. The van der Waals surface area contributed by atoms with E-state index in [0.717, 1.165) is 49.2 Å². The first-order chi connectivity index (χ1) is 12.2.